The molecule has 0 saturated carbocycles. The zero-order valence-corrected chi connectivity index (χ0v) is 14.7. The van der Waals surface area contributed by atoms with Gasteiger partial charge in [0.05, 0.1) is 0 Å². The van der Waals surface area contributed by atoms with Crippen LogP contribution in [0.25, 0.3) is 7.24 Å². The topological polar surface area (TPSA) is 9.23 Å². The quantitative estimate of drug-likeness (QED) is 0.692. The van der Waals surface area contributed by atoms with Crippen molar-refractivity contribution in [3.05, 3.63) is 102 Å². The molecule has 2 heteroatoms. The monoisotopic (exact) mass is 402 g/mol. The summed E-state index contributed by atoms with van der Waals surface area (Å²) in [5.41, 5.74) is 3.76. The van der Waals surface area contributed by atoms with E-state index in [0.29, 0.717) is 0 Å². The van der Waals surface area contributed by atoms with E-state index in [0.717, 1.165) is 5.57 Å². The molecule has 1 heterocycles. The molecule has 0 fully saturated rings. The predicted octanol–water partition coefficient (Wildman–Crippen LogP) is 4.40. The van der Waals surface area contributed by atoms with Crippen molar-refractivity contribution < 1.29 is 4.74 Å². The summed E-state index contributed by atoms with van der Waals surface area (Å²) in [7, 11) is 1.62. The molecule has 1 nitrogen and oxygen atoms in total. The first-order valence-corrected chi connectivity index (χ1v) is 9.40. The van der Waals surface area contributed by atoms with Gasteiger partial charge in [0.25, 0.3) is 0 Å². The Morgan fingerprint density at radius 2 is 1.32 bits per heavy atom. The van der Waals surface area contributed by atoms with Crippen molar-refractivity contribution in [2.75, 3.05) is 7.11 Å². The van der Waals surface area contributed by atoms with Gasteiger partial charge >= 0.3 is 142 Å². The summed E-state index contributed by atoms with van der Waals surface area (Å²) in [6.07, 6.45) is 6.42. The van der Waals surface area contributed by atoms with Crippen LogP contribution in [-0.4, -0.2) is 28.0 Å². The molecule has 0 saturated heterocycles. The summed E-state index contributed by atoms with van der Waals surface area (Å²) < 4.78 is 7.83. The maximum absolute atomic E-state index is 4.95. The van der Waals surface area contributed by atoms with Crippen LogP contribution in [0.1, 0.15) is 11.1 Å². The molecule has 2 radical (unpaired) electrons. The van der Waals surface area contributed by atoms with E-state index >= 15 is 0 Å². The summed E-state index contributed by atoms with van der Waals surface area (Å²) >= 11 is -0.411. The molecular weight excluding hydrogens is 384 g/mol. The Bertz CT molecular complexity index is 654. The summed E-state index contributed by atoms with van der Waals surface area (Å²) in [5.74, 6) is 0. The van der Waals surface area contributed by atoms with Crippen LogP contribution in [-0.2, 0) is 4.74 Å². The minimum atomic E-state index is -0.411. The predicted molar refractivity (Wildman–Crippen MR) is 92.9 cm³/mol. The maximum atomic E-state index is 4.95. The third-order valence-electron chi connectivity index (χ3n) is 3.28. The van der Waals surface area contributed by atoms with Crippen molar-refractivity contribution in [1.82, 2.24) is 0 Å². The van der Waals surface area contributed by atoms with E-state index in [-0.39, 0.29) is 0 Å². The van der Waals surface area contributed by atoms with E-state index < -0.39 is 20.9 Å². The standard InChI is InChI=1S/C20H16OTe/c1-21-13-12-16-14-19(17-8-4-2-5-9-17)22-20(15-16)18-10-6-3-7-11-18/h2-12,14-15H,1H3. The second-order valence-corrected chi connectivity index (χ2v) is 7.91. The molecule has 22 heavy (non-hydrogen) atoms. The number of rotatable bonds is 4. The molecule has 1 aliphatic heterocycles. The molecule has 0 atom stereocenters. The van der Waals surface area contributed by atoms with E-state index in [4.69, 9.17) is 4.74 Å². The van der Waals surface area contributed by atoms with Gasteiger partial charge in [-0.2, -0.15) is 0 Å². The molecule has 2 aromatic rings. The first-order chi connectivity index (χ1) is 10.9. The van der Waals surface area contributed by atoms with Gasteiger partial charge in [0, 0.05) is 0 Å². The fourth-order valence-electron chi connectivity index (χ4n) is 2.22. The Balaban J connectivity index is 1.98. The Morgan fingerprint density at radius 1 is 0.818 bits per heavy atom. The SMILES string of the molecule is CO[C]C=C1C=C(c2ccccc2)[Te]C(c2ccccc2)=C1. The Hall–Kier alpha value is -1.59. The van der Waals surface area contributed by atoms with Gasteiger partial charge in [-0.1, -0.05) is 0 Å². The molecule has 0 amide bonds. The van der Waals surface area contributed by atoms with Crippen LogP contribution in [0.15, 0.2) is 84.5 Å². The molecule has 108 valence electrons. The summed E-state index contributed by atoms with van der Waals surface area (Å²) in [6, 6.07) is 21.3. The van der Waals surface area contributed by atoms with Gasteiger partial charge in [0.1, 0.15) is 0 Å². The first kappa shape index (κ1) is 15.3. The summed E-state index contributed by atoms with van der Waals surface area (Å²) in [4.78, 5) is 0. The average Bonchev–Trinajstić information content (AvgIpc) is 2.61. The number of benzene rings is 2. The Labute approximate surface area is 142 Å². The summed E-state index contributed by atoms with van der Waals surface area (Å²) in [5, 5.41) is 0. The van der Waals surface area contributed by atoms with Gasteiger partial charge < -0.3 is 0 Å². The Kier molecular flexibility index (Phi) is 5.29. The molecule has 0 aliphatic carbocycles. The third kappa shape index (κ3) is 3.78. The van der Waals surface area contributed by atoms with E-state index in [1.807, 2.05) is 6.08 Å². The second-order valence-electron chi connectivity index (χ2n) is 4.82. The average molecular weight is 400 g/mol. The van der Waals surface area contributed by atoms with Crippen molar-refractivity contribution in [3.8, 4) is 0 Å². The van der Waals surface area contributed by atoms with E-state index in [9.17, 15) is 0 Å². The van der Waals surface area contributed by atoms with Crippen LogP contribution in [0.5, 0.6) is 0 Å². The molecule has 0 aromatic heterocycles. The van der Waals surface area contributed by atoms with Crippen molar-refractivity contribution in [2.45, 2.75) is 0 Å². The van der Waals surface area contributed by atoms with Crippen molar-refractivity contribution >= 4 is 28.2 Å². The number of hydrogen-bond donors (Lipinski definition) is 0. The van der Waals surface area contributed by atoms with E-state index in [1.54, 1.807) is 7.11 Å². The van der Waals surface area contributed by atoms with Gasteiger partial charge in [-0.05, 0) is 0 Å². The molecule has 0 spiro atoms. The normalized spacial score (nSPS) is 14.3. The van der Waals surface area contributed by atoms with Crippen LogP contribution in [0.4, 0.5) is 0 Å². The molecule has 3 rings (SSSR count). The zero-order chi connectivity index (χ0) is 15.2. The molecule has 0 N–H and O–H groups in total. The fraction of sp³-hybridized carbons (Fsp3) is 0.0500. The van der Waals surface area contributed by atoms with Gasteiger partial charge in [-0.15, -0.1) is 0 Å². The van der Waals surface area contributed by atoms with Crippen LogP contribution in [0, 0.1) is 6.61 Å². The summed E-state index contributed by atoms with van der Waals surface area (Å²) in [6.45, 7) is 2.83. The molecule has 2 aromatic carbocycles. The van der Waals surface area contributed by atoms with Crippen LogP contribution < -0.4 is 0 Å². The number of ether oxygens (including phenoxy) is 1. The van der Waals surface area contributed by atoms with Gasteiger partial charge in [0.15, 0.2) is 0 Å². The van der Waals surface area contributed by atoms with Gasteiger partial charge in [0.2, 0.25) is 0 Å². The second kappa shape index (κ2) is 7.61. The number of allylic oxidation sites excluding steroid dienone is 3. The van der Waals surface area contributed by atoms with Crippen molar-refractivity contribution in [1.29, 1.82) is 0 Å². The van der Waals surface area contributed by atoms with Crippen molar-refractivity contribution in [2.24, 2.45) is 0 Å². The van der Waals surface area contributed by atoms with Crippen LogP contribution >= 0.6 is 0 Å². The van der Waals surface area contributed by atoms with Crippen molar-refractivity contribution in [3.63, 3.8) is 0 Å². The van der Waals surface area contributed by atoms with Crippen LogP contribution in [0.3, 0.4) is 0 Å². The molecular formula is C20H16OTe. The van der Waals surface area contributed by atoms with Crippen LogP contribution in [0.2, 0.25) is 0 Å². The molecule has 0 bridgehead atoms. The van der Waals surface area contributed by atoms with E-state index in [1.165, 1.54) is 18.4 Å². The first-order valence-electron chi connectivity index (χ1n) is 7.07. The number of hydrogen-bond acceptors (Lipinski definition) is 1. The molecule has 0 unspecified atom stereocenters. The zero-order valence-electron chi connectivity index (χ0n) is 12.3. The van der Waals surface area contributed by atoms with Gasteiger partial charge in [-0.25, -0.2) is 0 Å². The van der Waals surface area contributed by atoms with E-state index in [2.05, 4.69) is 79.4 Å². The van der Waals surface area contributed by atoms with Gasteiger partial charge in [-0.3, -0.25) is 0 Å². The third-order valence-corrected chi connectivity index (χ3v) is 6.55. The fourth-order valence-corrected chi connectivity index (χ4v) is 5.46. The Morgan fingerprint density at radius 3 is 1.77 bits per heavy atom. The molecule has 1 aliphatic rings. The minimum absolute atomic E-state index is 0.411. The number of methoxy groups -OCH3 is 1.